The first-order chi connectivity index (χ1) is 21.7. The molecule has 45 heavy (non-hydrogen) atoms. The number of urea groups is 1. The number of fused-ring (bicyclic) bond motifs is 1. The predicted octanol–water partition coefficient (Wildman–Crippen LogP) is 4.76. The quantitative estimate of drug-likeness (QED) is 0.300. The number of amides is 3. The SMILES string of the molecule is CCOC(=O)N1CCN(n2c(C(C)N(C(=O)Nc3ccc(F)cc3)c3ccc(OC)cc3OC)nc3ccccc3c2=O)CC1. The van der Waals surface area contributed by atoms with E-state index in [1.54, 1.807) is 61.2 Å². The molecule has 5 rings (SSSR count). The van der Waals surface area contributed by atoms with Crippen LogP contribution in [0.2, 0.25) is 0 Å². The first-order valence-corrected chi connectivity index (χ1v) is 14.5. The van der Waals surface area contributed by atoms with Gasteiger partial charge in [0.1, 0.15) is 17.3 Å². The standard InChI is InChI=1S/C32H35FN6O6/c1-5-45-32(42)36-16-18-37(19-17-36)39-29(35-26-9-7-6-8-25(26)30(39)40)21(2)38(27-15-14-24(43-3)20-28(27)44-4)31(41)34-23-12-10-22(33)11-13-23/h6-15,20-21H,5,16-19H2,1-4H3,(H,34,41). The topological polar surface area (TPSA) is 118 Å². The Labute approximate surface area is 259 Å². The molecule has 1 fully saturated rings. The molecular formula is C32H35FN6O6. The molecule has 1 N–H and O–H groups in total. The molecule has 1 aromatic heterocycles. The van der Waals surface area contributed by atoms with Crippen molar-refractivity contribution in [3.8, 4) is 11.5 Å². The molecule has 1 atom stereocenters. The third-order valence-corrected chi connectivity index (χ3v) is 7.57. The summed E-state index contributed by atoms with van der Waals surface area (Å²) in [7, 11) is 3.00. The van der Waals surface area contributed by atoms with Gasteiger partial charge in [-0.2, -0.15) is 0 Å². The van der Waals surface area contributed by atoms with E-state index in [9.17, 15) is 18.8 Å². The van der Waals surface area contributed by atoms with Crippen molar-refractivity contribution >= 4 is 34.4 Å². The summed E-state index contributed by atoms with van der Waals surface area (Å²) in [6.45, 7) is 5.07. The van der Waals surface area contributed by atoms with Crippen molar-refractivity contribution in [3.63, 3.8) is 0 Å². The number of ether oxygens (including phenoxy) is 3. The minimum Gasteiger partial charge on any atom is -0.497 e. The minimum atomic E-state index is -0.840. The maximum absolute atomic E-state index is 14.1. The number of piperazine rings is 1. The number of carbonyl (C=O) groups is 2. The number of aromatic nitrogens is 2. The number of methoxy groups -OCH3 is 2. The van der Waals surface area contributed by atoms with Crippen LogP contribution < -0.4 is 30.3 Å². The predicted molar refractivity (Wildman–Crippen MR) is 168 cm³/mol. The van der Waals surface area contributed by atoms with Gasteiger partial charge in [0.15, 0.2) is 5.82 Å². The van der Waals surface area contributed by atoms with Crippen LogP contribution in [0.15, 0.2) is 71.5 Å². The van der Waals surface area contributed by atoms with E-state index in [1.807, 2.05) is 5.01 Å². The Kier molecular flexibility index (Phi) is 9.36. The Hall–Kier alpha value is -5.33. The van der Waals surface area contributed by atoms with E-state index >= 15 is 0 Å². The summed E-state index contributed by atoms with van der Waals surface area (Å²) >= 11 is 0. The number of rotatable bonds is 8. The lowest BCUT2D eigenvalue weighted by molar-refractivity contribution is 0.102. The molecule has 3 aromatic carbocycles. The third kappa shape index (κ3) is 6.47. The molecular weight excluding hydrogens is 583 g/mol. The molecule has 0 spiro atoms. The summed E-state index contributed by atoms with van der Waals surface area (Å²) < 4.78 is 31.3. The highest BCUT2D eigenvalue weighted by Crippen LogP contribution is 2.37. The molecule has 0 saturated carbocycles. The van der Waals surface area contributed by atoms with Crippen LogP contribution in [0.3, 0.4) is 0 Å². The van der Waals surface area contributed by atoms with E-state index in [1.165, 1.54) is 48.1 Å². The molecule has 1 aliphatic heterocycles. The van der Waals surface area contributed by atoms with Crippen LogP contribution >= 0.6 is 0 Å². The molecule has 12 nitrogen and oxygen atoms in total. The summed E-state index contributed by atoms with van der Waals surface area (Å²) in [6.07, 6.45) is -0.412. The zero-order valence-electron chi connectivity index (χ0n) is 25.5. The molecule has 13 heteroatoms. The average Bonchev–Trinajstić information content (AvgIpc) is 3.06. The minimum absolute atomic E-state index is 0.263. The van der Waals surface area contributed by atoms with Crippen molar-refractivity contribution in [2.45, 2.75) is 19.9 Å². The monoisotopic (exact) mass is 618 g/mol. The van der Waals surface area contributed by atoms with E-state index in [-0.39, 0.29) is 18.0 Å². The number of halogens is 1. The smallest absolute Gasteiger partial charge is 0.409 e. The van der Waals surface area contributed by atoms with Crippen LogP contribution in [0.4, 0.5) is 25.4 Å². The van der Waals surface area contributed by atoms with Crippen molar-refractivity contribution in [2.75, 3.05) is 62.2 Å². The molecule has 1 aliphatic rings. The van der Waals surface area contributed by atoms with E-state index in [4.69, 9.17) is 19.2 Å². The molecule has 1 unspecified atom stereocenters. The van der Waals surface area contributed by atoms with E-state index in [0.717, 1.165) is 0 Å². The van der Waals surface area contributed by atoms with Crippen LogP contribution in [0.1, 0.15) is 25.7 Å². The fourth-order valence-electron chi connectivity index (χ4n) is 5.29. The number of benzene rings is 3. The number of anilines is 2. The summed E-state index contributed by atoms with van der Waals surface area (Å²) in [5, 5.41) is 5.06. The van der Waals surface area contributed by atoms with E-state index in [0.29, 0.717) is 60.0 Å². The van der Waals surface area contributed by atoms with E-state index in [2.05, 4.69) is 5.32 Å². The molecule has 236 valence electrons. The second kappa shape index (κ2) is 13.5. The maximum Gasteiger partial charge on any atom is 0.409 e. The first-order valence-electron chi connectivity index (χ1n) is 14.5. The molecule has 4 aromatic rings. The second-order valence-electron chi connectivity index (χ2n) is 10.3. The number of nitrogens with zero attached hydrogens (tertiary/aromatic N) is 5. The lowest BCUT2D eigenvalue weighted by Crippen LogP contribution is -2.57. The van der Waals surface area contributed by atoms with Gasteiger partial charge in [0.25, 0.3) is 5.56 Å². The highest BCUT2D eigenvalue weighted by molar-refractivity contribution is 6.03. The second-order valence-corrected chi connectivity index (χ2v) is 10.3. The van der Waals surface area contributed by atoms with Crippen LogP contribution in [-0.4, -0.2) is 73.7 Å². The van der Waals surface area contributed by atoms with Gasteiger partial charge in [0.05, 0.1) is 56.5 Å². The number of carbonyl (C=O) groups excluding carboxylic acids is 2. The van der Waals surface area contributed by atoms with Crippen molar-refractivity contribution < 1.29 is 28.2 Å². The van der Waals surface area contributed by atoms with Crippen molar-refractivity contribution in [1.82, 2.24) is 14.6 Å². The highest BCUT2D eigenvalue weighted by atomic mass is 19.1. The zero-order chi connectivity index (χ0) is 32.1. The van der Waals surface area contributed by atoms with Crippen molar-refractivity contribution in [1.29, 1.82) is 0 Å². The molecule has 0 radical (unpaired) electrons. The maximum atomic E-state index is 14.1. The Bertz CT molecular complexity index is 1740. The third-order valence-electron chi connectivity index (χ3n) is 7.57. The number of nitrogens with one attached hydrogen (secondary N) is 1. The summed E-state index contributed by atoms with van der Waals surface area (Å²) in [4.78, 5) is 48.5. The largest absolute Gasteiger partial charge is 0.497 e. The van der Waals surface area contributed by atoms with Gasteiger partial charge in [-0.1, -0.05) is 12.1 Å². The van der Waals surface area contributed by atoms with Gasteiger partial charge in [-0.25, -0.2) is 23.6 Å². The van der Waals surface area contributed by atoms with Gasteiger partial charge in [-0.3, -0.25) is 9.69 Å². The van der Waals surface area contributed by atoms with Gasteiger partial charge in [-0.05, 0) is 62.4 Å². The van der Waals surface area contributed by atoms with Crippen LogP contribution in [0, 0.1) is 5.82 Å². The Morgan fingerprint density at radius 3 is 2.38 bits per heavy atom. The van der Waals surface area contributed by atoms with Crippen LogP contribution in [0.5, 0.6) is 11.5 Å². The summed E-state index contributed by atoms with van der Waals surface area (Å²) in [5.74, 6) is 0.702. The lowest BCUT2D eigenvalue weighted by Gasteiger charge is -2.38. The number of hydrogen-bond donors (Lipinski definition) is 1. The summed E-state index contributed by atoms with van der Waals surface area (Å²) in [6, 6.07) is 16.0. The Morgan fingerprint density at radius 2 is 1.71 bits per heavy atom. The summed E-state index contributed by atoms with van der Waals surface area (Å²) in [5.41, 5.74) is 0.899. The lowest BCUT2D eigenvalue weighted by atomic mass is 10.1. The highest BCUT2D eigenvalue weighted by Gasteiger charge is 2.33. The fraction of sp³-hybridized carbons (Fsp3) is 0.312. The molecule has 0 aliphatic carbocycles. The first kappa shape index (κ1) is 31.1. The van der Waals surface area contributed by atoms with E-state index < -0.39 is 24.0 Å². The van der Waals surface area contributed by atoms with Gasteiger partial charge in [0.2, 0.25) is 0 Å². The van der Waals surface area contributed by atoms with Gasteiger partial charge in [0, 0.05) is 24.8 Å². The van der Waals surface area contributed by atoms with Gasteiger partial charge >= 0.3 is 12.1 Å². The van der Waals surface area contributed by atoms with Crippen LogP contribution in [0.25, 0.3) is 10.9 Å². The number of hydrogen-bond acceptors (Lipinski definition) is 8. The normalized spacial score (nSPS) is 13.7. The molecule has 1 saturated heterocycles. The Balaban J connectivity index is 1.62. The molecule has 2 heterocycles. The Morgan fingerprint density at radius 1 is 1.00 bits per heavy atom. The van der Waals surface area contributed by atoms with Crippen LogP contribution in [-0.2, 0) is 4.74 Å². The van der Waals surface area contributed by atoms with Crippen molar-refractivity contribution in [3.05, 3.63) is 88.7 Å². The number of para-hydroxylation sites is 1. The molecule has 3 amide bonds. The zero-order valence-corrected chi connectivity index (χ0v) is 25.5. The van der Waals surface area contributed by atoms with Gasteiger partial charge in [-0.15, -0.1) is 0 Å². The van der Waals surface area contributed by atoms with Gasteiger partial charge < -0.3 is 29.4 Å². The fourth-order valence-corrected chi connectivity index (χ4v) is 5.29. The van der Waals surface area contributed by atoms with Crippen molar-refractivity contribution in [2.24, 2.45) is 0 Å². The average molecular weight is 619 g/mol. The molecule has 0 bridgehead atoms.